The van der Waals surface area contributed by atoms with Crippen LogP contribution in [0.1, 0.15) is 10.4 Å². The van der Waals surface area contributed by atoms with Gasteiger partial charge >= 0.3 is 5.97 Å². The predicted molar refractivity (Wildman–Crippen MR) is 80.8 cm³/mol. The molecule has 0 fully saturated rings. The monoisotopic (exact) mass is 321 g/mol. The Labute approximate surface area is 130 Å². The molecule has 0 aliphatic rings. The minimum Gasteiger partial charge on any atom is -0.465 e. The normalized spacial score (nSPS) is 10.8. The maximum Gasteiger partial charge on any atom is 0.339 e. The molecule has 21 heavy (non-hydrogen) atoms. The number of esters is 1. The number of carbonyl (C=O) groups is 1. The topological polar surface area (TPSA) is 52.3 Å². The van der Waals surface area contributed by atoms with Crippen LogP contribution in [0.3, 0.4) is 0 Å². The van der Waals surface area contributed by atoms with Gasteiger partial charge in [0.2, 0.25) is 5.89 Å². The molecule has 0 saturated carbocycles. The van der Waals surface area contributed by atoms with E-state index in [-0.39, 0.29) is 5.02 Å². The third kappa shape index (κ3) is 2.60. The summed E-state index contributed by atoms with van der Waals surface area (Å²) in [4.78, 5) is 15.9. The lowest BCUT2D eigenvalue weighted by Gasteiger charge is -2.03. The number of oxazole rings is 1. The molecule has 0 atom stereocenters. The zero-order valence-corrected chi connectivity index (χ0v) is 12.4. The van der Waals surface area contributed by atoms with Gasteiger partial charge in [0.1, 0.15) is 5.52 Å². The van der Waals surface area contributed by atoms with Crippen molar-refractivity contribution in [3.05, 3.63) is 52.0 Å². The second kappa shape index (κ2) is 5.39. The fourth-order valence-electron chi connectivity index (χ4n) is 1.95. The van der Waals surface area contributed by atoms with Crippen molar-refractivity contribution in [1.29, 1.82) is 0 Å². The van der Waals surface area contributed by atoms with Gasteiger partial charge in [-0.2, -0.15) is 0 Å². The first kappa shape index (κ1) is 13.9. The Balaban J connectivity index is 2.06. The van der Waals surface area contributed by atoms with Crippen molar-refractivity contribution >= 4 is 40.3 Å². The van der Waals surface area contributed by atoms with Gasteiger partial charge in [-0.05, 0) is 36.4 Å². The SMILES string of the molecule is COC(=O)c1ccc(-c2nc3cc(Cl)ccc3o2)cc1Cl. The fraction of sp³-hybridized carbons (Fsp3) is 0.0667. The smallest absolute Gasteiger partial charge is 0.339 e. The van der Waals surface area contributed by atoms with Gasteiger partial charge in [-0.3, -0.25) is 0 Å². The third-order valence-electron chi connectivity index (χ3n) is 2.97. The first-order valence-electron chi connectivity index (χ1n) is 6.03. The molecule has 0 N–H and O–H groups in total. The van der Waals surface area contributed by atoms with E-state index in [2.05, 4.69) is 9.72 Å². The summed E-state index contributed by atoms with van der Waals surface area (Å²) in [6.45, 7) is 0. The molecule has 1 aromatic heterocycles. The number of benzene rings is 2. The Morgan fingerprint density at radius 1 is 1.19 bits per heavy atom. The summed E-state index contributed by atoms with van der Waals surface area (Å²) in [6.07, 6.45) is 0. The fourth-order valence-corrected chi connectivity index (χ4v) is 2.37. The molecule has 2 aromatic carbocycles. The minimum absolute atomic E-state index is 0.277. The molecule has 0 unspecified atom stereocenters. The van der Waals surface area contributed by atoms with E-state index in [4.69, 9.17) is 27.6 Å². The Morgan fingerprint density at radius 3 is 2.71 bits per heavy atom. The molecule has 0 amide bonds. The Kier molecular flexibility index (Phi) is 3.57. The maximum absolute atomic E-state index is 11.5. The van der Waals surface area contributed by atoms with Gasteiger partial charge in [-0.25, -0.2) is 9.78 Å². The molecule has 0 aliphatic heterocycles. The Bertz CT molecular complexity index is 842. The van der Waals surface area contributed by atoms with Crippen molar-refractivity contribution in [3.63, 3.8) is 0 Å². The molecule has 1 heterocycles. The minimum atomic E-state index is -0.490. The molecule has 3 rings (SSSR count). The van der Waals surface area contributed by atoms with E-state index in [0.717, 1.165) is 0 Å². The number of ether oxygens (including phenoxy) is 1. The van der Waals surface area contributed by atoms with Crippen molar-refractivity contribution in [2.75, 3.05) is 7.11 Å². The summed E-state index contributed by atoms with van der Waals surface area (Å²) >= 11 is 12.0. The second-order valence-electron chi connectivity index (χ2n) is 4.32. The van der Waals surface area contributed by atoms with Crippen LogP contribution in [0.4, 0.5) is 0 Å². The van der Waals surface area contributed by atoms with E-state index >= 15 is 0 Å². The van der Waals surface area contributed by atoms with Gasteiger partial charge in [0.25, 0.3) is 0 Å². The van der Waals surface area contributed by atoms with Crippen LogP contribution in [0.15, 0.2) is 40.8 Å². The van der Waals surface area contributed by atoms with E-state index in [1.54, 1.807) is 36.4 Å². The van der Waals surface area contributed by atoms with Crippen molar-refractivity contribution in [2.45, 2.75) is 0 Å². The summed E-state index contributed by atoms with van der Waals surface area (Å²) in [6, 6.07) is 10.1. The third-order valence-corrected chi connectivity index (χ3v) is 3.52. The Morgan fingerprint density at radius 2 is 2.00 bits per heavy atom. The van der Waals surface area contributed by atoms with E-state index in [1.807, 2.05) is 0 Å². The number of nitrogens with zero attached hydrogens (tertiary/aromatic N) is 1. The van der Waals surface area contributed by atoms with Crippen molar-refractivity contribution in [1.82, 2.24) is 4.98 Å². The lowest BCUT2D eigenvalue weighted by atomic mass is 10.1. The largest absolute Gasteiger partial charge is 0.465 e. The van der Waals surface area contributed by atoms with Crippen LogP contribution in [0.25, 0.3) is 22.6 Å². The van der Waals surface area contributed by atoms with E-state index < -0.39 is 5.97 Å². The molecular formula is C15H9Cl2NO3. The first-order chi connectivity index (χ1) is 10.1. The molecule has 0 radical (unpaired) electrons. The van der Waals surface area contributed by atoms with Gasteiger partial charge in [0, 0.05) is 10.6 Å². The molecule has 0 saturated heterocycles. The highest BCUT2D eigenvalue weighted by molar-refractivity contribution is 6.33. The number of methoxy groups -OCH3 is 1. The van der Waals surface area contributed by atoms with Gasteiger partial charge < -0.3 is 9.15 Å². The Hall–Kier alpha value is -2.04. The highest BCUT2D eigenvalue weighted by Gasteiger charge is 2.14. The molecule has 106 valence electrons. The van der Waals surface area contributed by atoms with Gasteiger partial charge in [0.15, 0.2) is 5.58 Å². The molecular weight excluding hydrogens is 313 g/mol. The quantitative estimate of drug-likeness (QED) is 0.648. The van der Waals surface area contributed by atoms with Crippen molar-refractivity contribution in [2.24, 2.45) is 0 Å². The number of halogens is 2. The highest BCUT2D eigenvalue weighted by atomic mass is 35.5. The summed E-state index contributed by atoms with van der Waals surface area (Å²) in [7, 11) is 1.30. The number of hydrogen-bond donors (Lipinski definition) is 0. The van der Waals surface area contributed by atoms with E-state index in [0.29, 0.717) is 33.1 Å². The zero-order chi connectivity index (χ0) is 15.0. The summed E-state index contributed by atoms with van der Waals surface area (Å²) < 4.78 is 10.3. The maximum atomic E-state index is 11.5. The highest BCUT2D eigenvalue weighted by Crippen LogP contribution is 2.29. The lowest BCUT2D eigenvalue weighted by Crippen LogP contribution is -2.01. The van der Waals surface area contributed by atoms with Crippen LogP contribution >= 0.6 is 23.2 Å². The standard InChI is InChI=1S/C15H9Cl2NO3/c1-20-15(19)10-4-2-8(6-11(10)17)14-18-12-7-9(16)3-5-13(12)21-14/h2-7H,1H3. The average molecular weight is 322 g/mol. The summed E-state index contributed by atoms with van der Waals surface area (Å²) in [5, 5.41) is 0.862. The molecule has 4 nitrogen and oxygen atoms in total. The molecule has 0 spiro atoms. The number of fused-ring (bicyclic) bond motifs is 1. The van der Waals surface area contributed by atoms with Crippen LogP contribution in [-0.4, -0.2) is 18.1 Å². The van der Waals surface area contributed by atoms with E-state index in [1.165, 1.54) is 7.11 Å². The molecule has 0 bridgehead atoms. The summed E-state index contributed by atoms with van der Waals surface area (Å²) in [5.41, 5.74) is 2.25. The zero-order valence-electron chi connectivity index (χ0n) is 10.9. The molecule has 3 aromatic rings. The second-order valence-corrected chi connectivity index (χ2v) is 5.16. The number of hydrogen-bond acceptors (Lipinski definition) is 4. The number of aromatic nitrogens is 1. The van der Waals surface area contributed by atoms with Crippen LogP contribution in [0.2, 0.25) is 10.0 Å². The van der Waals surface area contributed by atoms with Gasteiger partial charge in [-0.1, -0.05) is 23.2 Å². The number of carbonyl (C=O) groups excluding carboxylic acids is 1. The lowest BCUT2D eigenvalue weighted by molar-refractivity contribution is 0.0601. The van der Waals surface area contributed by atoms with Gasteiger partial charge in [0.05, 0.1) is 17.7 Å². The molecule has 0 aliphatic carbocycles. The van der Waals surface area contributed by atoms with Crippen molar-refractivity contribution < 1.29 is 13.9 Å². The van der Waals surface area contributed by atoms with Crippen LogP contribution in [0.5, 0.6) is 0 Å². The average Bonchev–Trinajstić information content (AvgIpc) is 2.89. The van der Waals surface area contributed by atoms with Crippen LogP contribution in [-0.2, 0) is 4.74 Å². The molecule has 6 heteroatoms. The van der Waals surface area contributed by atoms with Crippen molar-refractivity contribution in [3.8, 4) is 11.5 Å². The predicted octanol–water partition coefficient (Wildman–Crippen LogP) is 4.59. The van der Waals surface area contributed by atoms with Crippen LogP contribution in [0, 0.1) is 0 Å². The number of rotatable bonds is 2. The van der Waals surface area contributed by atoms with Crippen LogP contribution < -0.4 is 0 Å². The first-order valence-corrected chi connectivity index (χ1v) is 6.78. The summed E-state index contributed by atoms with van der Waals surface area (Å²) in [5.74, 6) is -0.0820. The van der Waals surface area contributed by atoms with E-state index in [9.17, 15) is 4.79 Å². The van der Waals surface area contributed by atoms with Gasteiger partial charge in [-0.15, -0.1) is 0 Å².